The Hall–Kier alpha value is -3.75. The number of rotatable bonds is 7. The van der Waals surface area contributed by atoms with Crippen LogP contribution in [0.3, 0.4) is 0 Å². The topological polar surface area (TPSA) is 90.0 Å². The lowest BCUT2D eigenvalue weighted by molar-refractivity contribution is 0.0594. The van der Waals surface area contributed by atoms with Crippen LogP contribution in [-0.2, 0) is 4.74 Å². The van der Waals surface area contributed by atoms with E-state index >= 15 is 0 Å². The summed E-state index contributed by atoms with van der Waals surface area (Å²) in [6, 6.07) is 5.10. The van der Waals surface area contributed by atoms with Crippen molar-refractivity contribution in [3.05, 3.63) is 83.0 Å². The second-order valence-corrected chi connectivity index (χ2v) is 8.79. The number of pyridine rings is 1. The smallest absolute Gasteiger partial charge is 0.356 e. The number of methoxy groups -OCH3 is 1. The summed E-state index contributed by atoms with van der Waals surface area (Å²) in [6.45, 7) is 15.6. The third-order valence-corrected chi connectivity index (χ3v) is 6.27. The molecule has 7 nitrogen and oxygen atoms in total. The molecule has 1 saturated heterocycles. The largest absolute Gasteiger partial charge is 0.487 e. The SMILES string of the molecule is C=C(C(C)/C(C=NC)=C/N)N1CCC(Oc2ccc(F)cc2F)CC1.CC.COC(=O)c1cc(C)c(C)cn1. The lowest BCUT2D eigenvalue weighted by atomic mass is 9.96. The molecule has 214 valence electrons. The van der Waals surface area contributed by atoms with Crippen LogP contribution in [0.25, 0.3) is 0 Å². The molecule has 0 radical (unpaired) electrons. The van der Waals surface area contributed by atoms with Crippen molar-refractivity contribution in [2.75, 3.05) is 27.2 Å². The molecular formula is C30H42F2N4O3. The van der Waals surface area contributed by atoms with E-state index in [0.29, 0.717) is 5.69 Å². The van der Waals surface area contributed by atoms with Crippen LogP contribution < -0.4 is 10.5 Å². The molecule has 1 unspecified atom stereocenters. The number of nitrogens with two attached hydrogens (primary N) is 1. The fourth-order valence-corrected chi connectivity index (χ4v) is 3.77. The predicted molar refractivity (Wildman–Crippen MR) is 153 cm³/mol. The zero-order valence-corrected chi connectivity index (χ0v) is 24.1. The maximum Gasteiger partial charge on any atom is 0.356 e. The first-order valence-corrected chi connectivity index (χ1v) is 13.0. The average molecular weight is 545 g/mol. The molecule has 0 bridgehead atoms. The van der Waals surface area contributed by atoms with Gasteiger partial charge in [0.15, 0.2) is 11.6 Å². The van der Waals surface area contributed by atoms with Crippen LogP contribution in [0.5, 0.6) is 5.75 Å². The van der Waals surface area contributed by atoms with Crippen molar-refractivity contribution in [2.24, 2.45) is 16.6 Å². The van der Waals surface area contributed by atoms with Crippen LogP contribution in [0.15, 0.2) is 59.5 Å². The summed E-state index contributed by atoms with van der Waals surface area (Å²) in [5.41, 5.74) is 10.0. The zero-order chi connectivity index (χ0) is 29.5. The van der Waals surface area contributed by atoms with Crippen molar-refractivity contribution in [1.29, 1.82) is 0 Å². The van der Waals surface area contributed by atoms with Gasteiger partial charge in [-0.1, -0.05) is 27.4 Å². The van der Waals surface area contributed by atoms with Crippen molar-refractivity contribution >= 4 is 12.2 Å². The second-order valence-electron chi connectivity index (χ2n) is 8.79. The summed E-state index contributed by atoms with van der Waals surface area (Å²) in [4.78, 5) is 21.1. The molecule has 39 heavy (non-hydrogen) atoms. The lowest BCUT2D eigenvalue weighted by Gasteiger charge is -2.37. The average Bonchev–Trinajstić information content (AvgIpc) is 2.95. The van der Waals surface area contributed by atoms with Gasteiger partial charge in [-0.15, -0.1) is 0 Å². The van der Waals surface area contributed by atoms with Gasteiger partial charge in [0.05, 0.1) is 7.11 Å². The monoisotopic (exact) mass is 544 g/mol. The van der Waals surface area contributed by atoms with E-state index in [-0.39, 0.29) is 17.8 Å². The summed E-state index contributed by atoms with van der Waals surface area (Å²) < 4.78 is 36.9. The number of benzene rings is 1. The highest BCUT2D eigenvalue weighted by molar-refractivity contribution is 5.87. The molecule has 0 amide bonds. The molecule has 0 saturated carbocycles. The number of likely N-dealkylation sites (tertiary alicyclic amines) is 1. The van der Waals surface area contributed by atoms with Crippen LogP contribution in [0, 0.1) is 31.4 Å². The molecule has 2 aromatic rings. The number of hydrogen-bond acceptors (Lipinski definition) is 7. The Labute approximate surface area is 231 Å². The Balaban J connectivity index is 0.000000454. The number of carbonyl (C=O) groups excluding carboxylic acids is 1. The number of hydrogen-bond donors (Lipinski definition) is 1. The number of aliphatic imine (C=N–C) groups is 1. The Bertz CT molecular complexity index is 1140. The van der Waals surface area contributed by atoms with E-state index in [4.69, 9.17) is 10.5 Å². The zero-order valence-electron chi connectivity index (χ0n) is 24.1. The molecule has 1 aliphatic rings. The molecule has 0 spiro atoms. The highest BCUT2D eigenvalue weighted by Crippen LogP contribution is 2.27. The number of ether oxygens (including phenoxy) is 2. The number of aromatic nitrogens is 1. The molecule has 2 heterocycles. The van der Waals surface area contributed by atoms with E-state index in [0.717, 1.165) is 54.4 Å². The first-order valence-electron chi connectivity index (χ1n) is 13.0. The third kappa shape index (κ3) is 10.1. The van der Waals surface area contributed by atoms with Gasteiger partial charge in [0, 0.05) is 63.1 Å². The van der Waals surface area contributed by atoms with Crippen molar-refractivity contribution in [3.63, 3.8) is 0 Å². The number of allylic oxidation sites excluding steroid dienone is 1. The van der Waals surface area contributed by atoms with Crippen LogP contribution in [0.2, 0.25) is 0 Å². The molecule has 9 heteroatoms. The Morgan fingerprint density at radius 2 is 1.85 bits per heavy atom. The predicted octanol–water partition coefficient (Wildman–Crippen LogP) is 6.01. The number of halogens is 2. The highest BCUT2D eigenvalue weighted by atomic mass is 19.1. The van der Waals surface area contributed by atoms with Crippen LogP contribution >= 0.6 is 0 Å². The van der Waals surface area contributed by atoms with Crippen LogP contribution in [0.4, 0.5) is 8.78 Å². The minimum absolute atomic E-state index is 0.0701. The van der Waals surface area contributed by atoms with E-state index in [1.807, 2.05) is 34.6 Å². The molecule has 0 aliphatic carbocycles. The minimum atomic E-state index is -0.669. The second kappa shape index (κ2) is 17.0. The summed E-state index contributed by atoms with van der Waals surface area (Å²) in [7, 11) is 3.05. The number of piperidine rings is 1. The molecule has 1 aliphatic heterocycles. The minimum Gasteiger partial charge on any atom is -0.487 e. The van der Waals surface area contributed by atoms with Gasteiger partial charge in [-0.2, -0.15) is 0 Å². The maximum absolute atomic E-state index is 13.7. The molecule has 1 fully saturated rings. The molecule has 1 aromatic heterocycles. The Kier molecular flexibility index (Phi) is 14.5. The molecule has 1 aromatic carbocycles. The number of nitrogens with zero attached hydrogens (tertiary/aromatic N) is 3. The van der Waals surface area contributed by atoms with Gasteiger partial charge in [-0.25, -0.2) is 18.6 Å². The first-order chi connectivity index (χ1) is 18.6. The van der Waals surface area contributed by atoms with Crippen molar-refractivity contribution in [1.82, 2.24) is 9.88 Å². The fraction of sp³-hybridized carbons (Fsp3) is 0.433. The molecular weight excluding hydrogens is 502 g/mol. The standard InChI is InChI=1S/C19H25F2N3O.C9H11NO2.C2H6/c1-13(15(11-22)12-23-3)14(2)24-8-6-17(7-9-24)25-19-5-4-16(20)10-18(19)21;1-6-4-8(9(11)12-3)10-5-7(6)2;1-2/h4-5,10-13,17H,2,6-9,22H2,1,3H3;4-5H,1-3H3;1-2H3/b15-11+,23-12?;;. The van der Waals surface area contributed by atoms with Gasteiger partial charge in [-0.05, 0) is 54.9 Å². The third-order valence-electron chi connectivity index (χ3n) is 6.27. The maximum atomic E-state index is 13.7. The van der Waals surface area contributed by atoms with Gasteiger partial charge >= 0.3 is 5.97 Å². The summed E-state index contributed by atoms with van der Waals surface area (Å²) >= 11 is 0. The summed E-state index contributed by atoms with van der Waals surface area (Å²) in [5.74, 6) is -1.50. The van der Waals surface area contributed by atoms with Gasteiger partial charge in [-0.3, -0.25) is 4.99 Å². The lowest BCUT2D eigenvalue weighted by Crippen LogP contribution is -2.39. The quantitative estimate of drug-likeness (QED) is 0.339. The number of aryl methyl sites for hydroxylation is 2. The highest BCUT2D eigenvalue weighted by Gasteiger charge is 2.25. The number of esters is 1. The van der Waals surface area contributed by atoms with Crippen molar-refractivity contribution in [3.8, 4) is 5.75 Å². The van der Waals surface area contributed by atoms with Crippen LogP contribution in [0.1, 0.15) is 55.2 Å². The summed E-state index contributed by atoms with van der Waals surface area (Å²) in [5, 5.41) is 0. The van der Waals surface area contributed by atoms with Gasteiger partial charge < -0.3 is 20.1 Å². The van der Waals surface area contributed by atoms with Gasteiger partial charge in [0.25, 0.3) is 0 Å². The van der Waals surface area contributed by atoms with Crippen LogP contribution in [-0.4, -0.2) is 55.4 Å². The Morgan fingerprint density at radius 1 is 1.21 bits per heavy atom. The van der Waals surface area contributed by atoms with E-state index in [9.17, 15) is 13.6 Å². The van der Waals surface area contributed by atoms with E-state index in [1.165, 1.54) is 19.2 Å². The van der Waals surface area contributed by atoms with E-state index < -0.39 is 17.6 Å². The van der Waals surface area contributed by atoms with Gasteiger partial charge in [0.2, 0.25) is 0 Å². The molecule has 3 rings (SSSR count). The van der Waals surface area contributed by atoms with E-state index in [2.05, 4.69) is 26.2 Å². The van der Waals surface area contributed by atoms with Gasteiger partial charge in [0.1, 0.15) is 17.6 Å². The normalized spacial score (nSPS) is 14.5. The molecule has 1 atom stereocenters. The Morgan fingerprint density at radius 3 is 2.36 bits per heavy atom. The number of carbonyl (C=O) groups is 1. The molecule has 2 N–H and O–H groups in total. The van der Waals surface area contributed by atoms with E-state index in [1.54, 1.807) is 31.7 Å². The first kappa shape index (κ1) is 33.3. The van der Waals surface area contributed by atoms with Crippen molar-refractivity contribution in [2.45, 2.75) is 53.6 Å². The fourth-order valence-electron chi connectivity index (χ4n) is 3.77. The summed E-state index contributed by atoms with van der Waals surface area (Å²) in [6.07, 6.45) is 6.35. The van der Waals surface area contributed by atoms with Crippen molar-refractivity contribution < 1.29 is 23.0 Å².